The zero-order valence-electron chi connectivity index (χ0n) is 13.3. The number of fused-ring (bicyclic) bond motifs is 1. The third-order valence-electron chi connectivity index (χ3n) is 3.74. The van der Waals surface area contributed by atoms with E-state index in [-0.39, 0.29) is 17.6 Å². The molecule has 1 aromatic heterocycles. The zero-order chi connectivity index (χ0) is 15.9. The Bertz CT molecular complexity index is 703. The molecule has 118 valence electrons. The summed E-state index contributed by atoms with van der Waals surface area (Å²) in [5.41, 5.74) is 0.743. The molecule has 1 aromatic carbocycles. The van der Waals surface area contributed by atoms with Crippen LogP contribution in [-0.2, 0) is 11.3 Å². The van der Waals surface area contributed by atoms with E-state index in [2.05, 4.69) is 6.92 Å². The van der Waals surface area contributed by atoms with Gasteiger partial charge in [-0.05, 0) is 25.5 Å². The fraction of sp³-hybridized carbons (Fsp3) is 0.444. The molecule has 0 saturated heterocycles. The average molecular weight is 301 g/mol. The van der Waals surface area contributed by atoms with E-state index in [1.54, 1.807) is 19.2 Å². The monoisotopic (exact) mass is 301 g/mol. The van der Waals surface area contributed by atoms with Crippen LogP contribution >= 0.6 is 0 Å². The number of unbranched alkanes of at least 4 members (excludes halogenated alkanes) is 3. The summed E-state index contributed by atoms with van der Waals surface area (Å²) in [6.07, 6.45) is 6.20. The van der Waals surface area contributed by atoms with Crippen LogP contribution in [0.2, 0.25) is 0 Å². The van der Waals surface area contributed by atoms with Gasteiger partial charge in [0, 0.05) is 18.1 Å². The van der Waals surface area contributed by atoms with Gasteiger partial charge in [-0.25, -0.2) is 4.79 Å². The number of ether oxygens (including phenoxy) is 1. The highest BCUT2D eigenvalue weighted by atomic mass is 16.5. The zero-order valence-corrected chi connectivity index (χ0v) is 13.3. The van der Waals surface area contributed by atoms with Crippen molar-refractivity contribution in [2.24, 2.45) is 0 Å². The lowest BCUT2D eigenvalue weighted by atomic mass is 10.1. The van der Waals surface area contributed by atoms with E-state index in [1.165, 1.54) is 12.8 Å². The van der Waals surface area contributed by atoms with Gasteiger partial charge in [0.2, 0.25) is 5.43 Å². The number of pyridine rings is 1. The molecule has 2 rings (SSSR count). The van der Waals surface area contributed by atoms with Crippen molar-refractivity contribution in [3.8, 4) is 0 Å². The molecule has 22 heavy (non-hydrogen) atoms. The summed E-state index contributed by atoms with van der Waals surface area (Å²) in [5.74, 6) is -0.541. The molecule has 0 atom stereocenters. The summed E-state index contributed by atoms with van der Waals surface area (Å²) >= 11 is 0. The number of esters is 1. The summed E-state index contributed by atoms with van der Waals surface area (Å²) in [5, 5.41) is 0.573. The number of para-hydroxylation sites is 1. The van der Waals surface area contributed by atoms with Crippen LogP contribution in [0.4, 0.5) is 0 Å². The molecule has 0 aliphatic rings. The van der Waals surface area contributed by atoms with Gasteiger partial charge in [-0.15, -0.1) is 0 Å². The largest absolute Gasteiger partial charge is 0.462 e. The van der Waals surface area contributed by atoms with Gasteiger partial charge >= 0.3 is 5.97 Å². The Morgan fingerprint density at radius 3 is 2.64 bits per heavy atom. The van der Waals surface area contributed by atoms with Crippen LogP contribution in [0.1, 0.15) is 49.9 Å². The minimum absolute atomic E-state index is 0.121. The molecule has 4 heteroatoms. The molecule has 0 radical (unpaired) electrons. The van der Waals surface area contributed by atoms with Crippen molar-refractivity contribution in [3.63, 3.8) is 0 Å². The van der Waals surface area contributed by atoms with Crippen LogP contribution < -0.4 is 5.43 Å². The lowest BCUT2D eigenvalue weighted by Gasteiger charge is -2.13. The molecule has 0 aliphatic heterocycles. The van der Waals surface area contributed by atoms with Gasteiger partial charge in [0.1, 0.15) is 5.56 Å². The molecule has 0 fully saturated rings. The summed E-state index contributed by atoms with van der Waals surface area (Å²) < 4.78 is 7.00. The number of aryl methyl sites for hydroxylation is 1. The maximum absolute atomic E-state index is 12.5. The predicted molar refractivity (Wildman–Crippen MR) is 88.3 cm³/mol. The third-order valence-corrected chi connectivity index (χ3v) is 3.74. The van der Waals surface area contributed by atoms with E-state index in [9.17, 15) is 9.59 Å². The Hall–Kier alpha value is -2.10. The van der Waals surface area contributed by atoms with E-state index < -0.39 is 5.97 Å². The second-order valence-electron chi connectivity index (χ2n) is 5.36. The molecule has 0 unspecified atom stereocenters. The number of aromatic nitrogens is 1. The van der Waals surface area contributed by atoms with Crippen molar-refractivity contribution in [1.82, 2.24) is 4.57 Å². The Labute approximate surface area is 130 Å². The van der Waals surface area contributed by atoms with Crippen molar-refractivity contribution in [3.05, 3.63) is 46.2 Å². The smallest absolute Gasteiger partial charge is 0.343 e. The second-order valence-corrected chi connectivity index (χ2v) is 5.36. The average Bonchev–Trinajstić information content (AvgIpc) is 2.53. The summed E-state index contributed by atoms with van der Waals surface area (Å²) in [4.78, 5) is 24.5. The van der Waals surface area contributed by atoms with E-state index in [0.717, 1.165) is 24.9 Å². The molecule has 4 nitrogen and oxygen atoms in total. The number of carbonyl (C=O) groups is 1. The Kier molecular flexibility index (Phi) is 5.75. The van der Waals surface area contributed by atoms with Gasteiger partial charge in [0.05, 0.1) is 12.1 Å². The topological polar surface area (TPSA) is 48.3 Å². The minimum Gasteiger partial charge on any atom is -0.462 e. The Balaban J connectivity index is 2.42. The first-order chi connectivity index (χ1) is 10.7. The van der Waals surface area contributed by atoms with Gasteiger partial charge in [-0.2, -0.15) is 0 Å². The van der Waals surface area contributed by atoms with E-state index in [0.29, 0.717) is 5.39 Å². The van der Waals surface area contributed by atoms with Crippen LogP contribution in [0.5, 0.6) is 0 Å². The maximum Gasteiger partial charge on any atom is 0.343 e. The number of carbonyl (C=O) groups excluding carboxylic acids is 1. The number of hydrogen-bond acceptors (Lipinski definition) is 3. The molecule has 0 bridgehead atoms. The van der Waals surface area contributed by atoms with E-state index in [1.807, 2.05) is 22.8 Å². The van der Waals surface area contributed by atoms with Crippen molar-refractivity contribution in [2.45, 2.75) is 46.1 Å². The Morgan fingerprint density at radius 1 is 1.14 bits per heavy atom. The summed E-state index contributed by atoms with van der Waals surface area (Å²) in [7, 11) is 0. The standard InChI is InChI=1S/C18H23NO3/c1-3-5-6-9-12-19-13-15(18(21)22-4-2)17(20)14-10-7-8-11-16(14)19/h7-8,10-11,13H,3-6,9,12H2,1-2H3. The molecule has 2 aromatic rings. The number of rotatable bonds is 7. The van der Waals surface area contributed by atoms with Crippen LogP contribution in [0.25, 0.3) is 10.9 Å². The molecule has 0 N–H and O–H groups in total. The molecule has 0 amide bonds. The number of hydrogen-bond donors (Lipinski definition) is 0. The van der Waals surface area contributed by atoms with E-state index in [4.69, 9.17) is 4.74 Å². The van der Waals surface area contributed by atoms with Crippen molar-refractivity contribution in [2.75, 3.05) is 6.61 Å². The molecule has 0 aliphatic carbocycles. The van der Waals surface area contributed by atoms with Gasteiger partial charge in [0.15, 0.2) is 0 Å². The first-order valence-corrected chi connectivity index (χ1v) is 7.98. The van der Waals surface area contributed by atoms with Crippen LogP contribution in [-0.4, -0.2) is 17.1 Å². The van der Waals surface area contributed by atoms with Crippen LogP contribution in [0.3, 0.4) is 0 Å². The van der Waals surface area contributed by atoms with Crippen molar-refractivity contribution in [1.29, 1.82) is 0 Å². The van der Waals surface area contributed by atoms with Crippen molar-refractivity contribution < 1.29 is 9.53 Å². The summed E-state index contributed by atoms with van der Waals surface area (Å²) in [6.45, 7) is 4.98. The quantitative estimate of drug-likeness (QED) is 0.578. The van der Waals surface area contributed by atoms with Gasteiger partial charge < -0.3 is 9.30 Å². The number of nitrogens with zero attached hydrogens (tertiary/aromatic N) is 1. The lowest BCUT2D eigenvalue weighted by molar-refractivity contribution is 0.0524. The molecular weight excluding hydrogens is 278 g/mol. The molecule has 0 saturated carbocycles. The second kappa shape index (κ2) is 7.78. The third kappa shape index (κ3) is 3.56. The van der Waals surface area contributed by atoms with Gasteiger partial charge in [-0.3, -0.25) is 4.79 Å². The van der Waals surface area contributed by atoms with Gasteiger partial charge in [0.25, 0.3) is 0 Å². The highest BCUT2D eigenvalue weighted by molar-refractivity contribution is 5.93. The molecule has 1 heterocycles. The van der Waals surface area contributed by atoms with Crippen molar-refractivity contribution >= 4 is 16.9 Å². The predicted octanol–water partition coefficient (Wildman–Crippen LogP) is 3.76. The lowest BCUT2D eigenvalue weighted by Crippen LogP contribution is -2.21. The normalized spacial score (nSPS) is 10.8. The molecular formula is C18H23NO3. The van der Waals surface area contributed by atoms with Crippen LogP contribution in [0.15, 0.2) is 35.3 Å². The highest BCUT2D eigenvalue weighted by Crippen LogP contribution is 2.14. The van der Waals surface area contributed by atoms with E-state index >= 15 is 0 Å². The highest BCUT2D eigenvalue weighted by Gasteiger charge is 2.15. The maximum atomic E-state index is 12.5. The summed E-state index contributed by atoms with van der Waals surface area (Å²) in [6, 6.07) is 7.42. The van der Waals surface area contributed by atoms with Crippen LogP contribution in [0, 0.1) is 0 Å². The first kappa shape index (κ1) is 16.3. The number of benzene rings is 1. The fourth-order valence-electron chi connectivity index (χ4n) is 2.59. The van der Waals surface area contributed by atoms with Gasteiger partial charge in [-0.1, -0.05) is 38.3 Å². The SMILES string of the molecule is CCCCCCn1cc(C(=O)OCC)c(=O)c2ccccc21. The molecule has 0 spiro atoms. The minimum atomic E-state index is -0.541. The Morgan fingerprint density at radius 2 is 1.91 bits per heavy atom. The fourth-order valence-corrected chi connectivity index (χ4v) is 2.59. The first-order valence-electron chi connectivity index (χ1n) is 7.98.